The molecule has 7 heteroatoms. The number of hydrogen-bond donors (Lipinski definition) is 1. The van der Waals surface area contributed by atoms with Gasteiger partial charge in [-0.25, -0.2) is 8.42 Å². The van der Waals surface area contributed by atoms with E-state index in [0.717, 1.165) is 19.3 Å². The lowest BCUT2D eigenvalue weighted by atomic mass is 10.1. The Bertz CT molecular complexity index is 723. The molecule has 0 aromatic heterocycles. The van der Waals surface area contributed by atoms with Gasteiger partial charge in [0.15, 0.2) is 0 Å². The molecule has 1 amide bonds. The summed E-state index contributed by atoms with van der Waals surface area (Å²) in [5.41, 5.74) is 0.405. The molecule has 0 radical (unpaired) electrons. The van der Waals surface area contributed by atoms with Crippen molar-refractivity contribution in [3.05, 3.63) is 18.2 Å². The van der Waals surface area contributed by atoms with Gasteiger partial charge in [-0.1, -0.05) is 20.3 Å². The second kappa shape index (κ2) is 8.86. The summed E-state index contributed by atoms with van der Waals surface area (Å²) in [6.45, 7) is 8.78. The summed E-state index contributed by atoms with van der Waals surface area (Å²) in [5, 5.41) is 2.82. The number of anilines is 1. The SMILES string of the molecule is CC(C)CC(=O)Nc1cc(S(=O)(=O)N2CCCCC2)ccc1OC(C)C. The molecule has 0 saturated carbocycles. The van der Waals surface area contributed by atoms with Crippen LogP contribution in [0.3, 0.4) is 0 Å². The van der Waals surface area contributed by atoms with Crippen molar-refractivity contribution in [3.8, 4) is 5.75 Å². The molecule has 0 aliphatic carbocycles. The first-order chi connectivity index (χ1) is 12.2. The molecule has 146 valence electrons. The quantitative estimate of drug-likeness (QED) is 0.781. The Morgan fingerprint density at radius 3 is 2.38 bits per heavy atom. The van der Waals surface area contributed by atoms with Crippen molar-refractivity contribution in [1.29, 1.82) is 0 Å². The fraction of sp³-hybridized carbons (Fsp3) is 0.632. The molecule has 1 N–H and O–H groups in total. The van der Waals surface area contributed by atoms with E-state index in [9.17, 15) is 13.2 Å². The van der Waals surface area contributed by atoms with Crippen LogP contribution in [0, 0.1) is 5.92 Å². The summed E-state index contributed by atoms with van der Waals surface area (Å²) in [4.78, 5) is 12.4. The van der Waals surface area contributed by atoms with Gasteiger partial charge in [-0.2, -0.15) is 4.31 Å². The van der Waals surface area contributed by atoms with Gasteiger partial charge in [0.1, 0.15) is 5.75 Å². The minimum Gasteiger partial charge on any atom is -0.489 e. The van der Waals surface area contributed by atoms with E-state index in [-0.39, 0.29) is 22.8 Å². The molecule has 0 spiro atoms. The number of nitrogens with one attached hydrogen (secondary N) is 1. The van der Waals surface area contributed by atoms with Crippen LogP contribution < -0.4 is 10.1 Å². The predicted octanol–water partition coefficient (Wildman–Crippen LogP) is 3.63. The number of amides is 1. The van der Waals surface area contributed by atoms with Gasteiger partial charge in [0.25, 0.3) is 0 Å². The summed E-state index contributed by atoms with van der Waals surface area (Å²) in [7, 11) is -3.56. The molecule has 6 nitrogen and oxygen atoms in total. The van der Waals surface area contributed by atoms with Gasteiger partial charge < -0.3 is 10.1 Å². The van der Waals surface area contributed by atoms with E-state index >= 15 is 0 Å². The van der Waals surface area contributed by atoms with Crippen LogP contribution in [0.25, 0.3) is 0 Å². The molecular formula is C19H30N2O4S. The van der Waals surface area contributed by atoms with E-state index in [1.807, 2.05) is 27.7 Å². The number of rotatable bonds is 7. The second-order valence-electron chi connectivity index (χ2n) is 7.44. The first-order valence-corrected chi connectivity index (χ1v) is 10.7. The molecule has 1 aromatic carbocycles. The standard InChI is InChI=1S/C19H30N2O4S/c1-14(2)12-19(22)20-17-13-16(8-9-18(17)25-15(3)4)26(23,24)21-10-6-5-7-11-21/h8-9,13-15H,5-7,10-12H2,1-4H3,(H,20,22). The highest BCUT2D eigenvalue weighted by Gasteiger charge is 2.27. The summed E-state index contributed by atoms with van der Waals surface area (Å²) in [6, 6.07) is 4.70. The minimum atomic E-state index is -3.56. The maximum absolute atomic E-state index is 12.9. The van der Waals surface area contributed by atoms with Crippen LogP contribution in [-0.2, 0) is 14.8 Å². The Morgan fingerprint density at radius 1 is 1.15 bits per heavy atom. The molecule has 1 aliphatic heterocycles. The Labute approximate surface area is 157 Å². The molecule has 1 saturated heterocycles. The minimum absolute atomic E-state index is 0.0831. The molecule has 1 aliphatic rings. The monoisotopic (exact) mass is 382 g/mol. The van der Waals surface area contributed by atoms with Gasteiger partial charge in [0.05, 0.1) is 16.7 Å². The van der Waals surface area contributed by atoms with Gasteiger partial charge in [0, 0.05) is 19.5 Å². The van der Waals surface area contributed by atoms with E-state index in [1.54, 1.807) is 12.1 Å². The van der Waals surface area contributed by atoms with Gasteiger partial charge in [-0.15, -0.1) is 0 Å². The van der Waals surface area contributed by atoms with Crippen LogP contribution in [0.1, 0.15) is 53.4 Å². The van der Waals surface area contributed by atoms with Gasteiger partial charge in [-0.3, -0.25) is 4.79 Å². The van der Waals surface area contributed by atoms with Crippen LogP contribution in [0.2, 0.25) is 0 Å². The fourth-order valence-electron chi connectivity index (χ4n) is 2.95. The molecule has 0 bridgehead atoms. The highest BCUT2D eigenvalue weighted by atomic mass is 32.2. The third-order valence-electron chi connectivity index (χ3n) is 4.13. The zero-order valence-electron chi connectivity index (χ0n) is 16.1. The van der Waals surface area contributed by atoms with Crippen LogP contribution >= 0.6 is 0 Å². The maximum atomic E-state index is 12.9. The number of benzene rings is 1. The lowest BCUT2D eigenvalue weighted by Gasteiger charge is -2.26. The third-order valence-corrected chi connectivity index (χ3v) is 6.03. The summed E-state index contributed by atoms with van der Waals surface area (Å²) in [5.74, 6) is 0.542. The maximum Gasteiger partial charge on any atom is 0.243 e. The highest BCUT2D eigenvalue weighted by molar-refractivity contribution is 7.89. The van der Waals surface area contributed by atoms with Crippen LogP contribution in [0.5, 0.6) is 5.75 Å². The van der Waals surface area contributed by atoms with E-state index in [4.69, 9.17) is 4.74 Å². The molecule has 0 atom stereocenters. The molecule has 1 fully saturated rings. The molecule has 1 aromatic rings. The molecule has 0 unspecified atom stereocenters. The van der Waals surface area contributed by atoms with Crippen molar-refractivity contribution in [2.75, 3.05) is 18.4 Å². The Morgan fingerprint density at radius 2 is 1.81 bits per heavy atom. The van der Waals surface area contributed by atoms with E-state index < -0.39 is 10.0 Å². The first-order valence-electron chi connectivity index (χ1n) is 9.31. The molecule has 26 heavy (non-hydrogen) atoms. The van der Waals surface area contributed by atoms with E-state index in [2.05, 4.69) is 5.32 Å². The number of piperidine rings is 1. The molecule has 2 rings (SSSR count). The third kappa shape index (κ3) is 5.45. The lowest BCUT2D eigenvalue weighted by molar-refractivity contribution is -0.116. The van der Waals surface area contributed by atoms with Gasteiger partial charge in [0.2, 0.25) is 15.9 Å². The zero-order valence-corrected chi connectivity index (χ0v) is 16.9. The normalized spacial score (nSPS) is 16.1. The predicted molar refractivity (Wildman–Crippen MR) is 103 cm³/mol. The van der Waals surface area contributed by atoms with E-state index in [0.29, 0.717) is 30.9 Å². The number of sulfonamides is 1. The van der Waals surface area contributed by atoms with Crippen molar-refractivity contribution >= 4 is 21.6 Å². The smallest absolute Gasteiger partial charge is 0.243 e. The summed E-state index contributed by atoms with van der Waals surface area (Å²) < 4.78 is 33.1. The van der Waals surface area contributed by atoms with Crippen LogP contribution in [0.4, 0.5) is 5.69 Å². The van der Waals surface area contributed by atoms with Gasteiger partial charge >= 0.3 is 0 Å². The lowest BCUT2D eigenvalue weighted by Crippen LogP contribution is -2.35. The molecule has 1 heterocycles. The highest BCUT2D eigenvalue weighted by Crippen LogP contribution is 2.31. The van der Waals surface area contributed by atoms with Crippen molar-refractivity contribution in [1.82, 2.24) is 4.31 Å². The number of nitrogens with zero attached hydrogens (tertiary/aromatic N) is 1. The number of carbonyl (C=O) groups is 1. The van der Waals surface area contributed by atoms with Crippen molar-refractivity contribution in [3.63, 3.8) is 0 Å². The summed E-state index contributed by atoms with van der Waals surface area (Å²) in [6.07, 6.45) is 3.10. The fourth-order valence-corrected chi connectivity index (χ4v) is 4.49. The second-order valence-corrected chi connectivity index (χ2v) is 9.37. The van der Waals surface area contributed by atoms with Crippen LogP contribution in [0.15, 0.2) is 23.1 Å². The average Bonchev–Trinajstić information content (AvgIpc) is 2.56. The number of ether oxygens (including phenoxy) is 1. The largest absolute Gasteiger partial charge is 0.489 e. The zero-order chi connectivity index (χ0) is 19.3. The van der Waals surface area contributed by atoms with Crippen molar-refractivity contribution in [2.45, 2.75) is 64.4 Å². The Balaban J connectivity index is 2.33. The first kappa shape index (κ1) is 20.7. The Hall–Kier alpha value is -1.60. The van der Waals surface area contributed by atoms with Gasteiger partial charge in [-0.05, 0) is 50.8 Å². The topological polar surface area (TPSA) is 75.7 Å². The number of carbonyl (C=O) groups excluding carboxylic acids is 1. The Kier molecular flexibility index (Phi) is 7.06. The number of hydrogen-bond acceptors (Lipinski definition) is 4. The van der Waals surface area contributed by atoms with Crippen molar-refractivity contribution < 1.29 is 17.9 Å². The average molecular weight is 383 g/mol. The molecular weight excluding hydrogens is 352 g/mol. The van der Waals surface area contributed by atoms with Crippen LogP contribution in [-0.4, -0.2) is 37.8 Å². The van der Waals surface area contributed by atoms with Crippen molar-refractivity contribution in [2.24, 2.45) is 5.92 Å². The summed E-state index contributed by atoms with van der Waals surface area (Å²) >= 11 is 0. The van der Waals surface area contributed by atoms with E-state index in [1.165, 1.54) is 10.4 Å².